The number of benzene rings is 1. The summed E-state index contributed by atoms with van der Waals surface area (Å²) in [5, 5.41) is 2.89. The number of aromatic nitrogens is 2. The Bertz CT molecular complexity index is 760. The fraction of sp³-hybridized carbons (Fsp3) is 0.476. The Morgan fingerprint density at radius 1 is 1.21 bits per heavy atom. The van der Waals surface area contributed by atoms with E-state index in [1.165, 1.54) is 25.6 Å². The molecule has 0 aliphatic heterocycles. The fourth-order valence-electron chi connectivity index (χ4n) is 3.61. The van der Waals surface area contributed by atoms with E-state index in [0.717, 1.165) is 30.8 Å². The van der Waals surface area contributed by atoms with Gasteiger partial charge in [0.2, 0.25) is 0 Å². The Morgan fingerprint density at radius 3 is 2.64 bits per heavy atom. The molecule has 150 valence electrons. The molecule has 0 saturated heterocycles. The lowest BCUT2D eigenvalue weighted by Crippen LogP contribution is -2.39. The molecule has 1 fully saturated rings. The Labute approximate surface area is 166 Å². The van der Waals surface area contributed by atoms with Crippen LogP contribution in [-0.4, -0.2) is 42.2 Å². The van der Waals surface area contributed by atoms with Gasteiger partial charge in [-0.25, -0.2) is 9.97 Å². The number of amides is 1. The first kappa shape index (κ1) is 20.2. The van der Waals surface area contributed by atoms with Crippen LogP contribution in [0.25, 0.3) is 0 Å². The van der Waals surface area contributed by atoms with Crippen LogP contribution in [0.4, 0.5) is 11.5 Å². The fourth-order valence-corrected chi connectivity index (χ4v) is 3.61. The van der Waals surface area contributed by atoms with Crippen molar-refractivity contribution in [2.45, 2.75) is 44.7 Å². The Hall–Kier alpha value is -2.51. The van der Waals surface area contributed by atoms with E-state index in [1.807, 2.05) is 24.3 Å². The number of nitrogens with two attached hydrogens (primary N) is 1. The second kappa shape index (κ2) is 10.1. The average Bonchev–Trinajstić information content (AvgIpc) is 2.75. The molecular formula is C21H29N5O2. The monoisotopic (exact) mass is 383 g/mol. The van der Waals surface area contributed by atoms with Gasteiger partial charge >= 0.3 is 0 Å². The third kappa shape index (κ3) is 5.27. The van der Waals surface area contributed by atoms with Crippen LogP contribution in [-0.2, 0) is 11.3 Å². The molecule has 0 radical (unpaired) electrons. The molecule has 1 aliphatic rings. The molecule has 1 aromatic heterocycles. The zero-order valence-electron chi connectivity index (χ0n) is 16.4. The second-order valence-corrected chi connectivity index (χ2v) is 7.09. The van der Waals surface area contributed by atoms with Gasteiger partial charge in [-0.2, -0.15) is 0 Å². The number of methoxy groups -OCH3 is 1. The van der Waals surface area contributed by atoms with Gasteiger partial charge in [-0.05, 0) is 30.5 Å². The summed E-state index contributed by atoms with van der Waals surface area (Å²) in [6.45, 7) is 1.84. The van der Waals surface area contributed by atoms with Crippen LogP contribution in [0.3, 0.4) is 0 Å². The lowest BCUT2D eigenvalue weighted by Gasteiger charge is -2.35. The molecule has 1 saturated carbocycles. The maximum atomic E-state index is 12.7. The zero-order valence-corrected chi connectivity index (χ0v) is 16.4. The van der Waals surface area contributed by atoms with Gasteiger partial charge < -0.3 is 20.7 Å². The summed E-state index contributed by atoms with van der Waals surface area (Å²) in [6, 6.07) is 9.68. The highest BCUT2D eigenvalue weighted by molar-refractivity contribution is 6.03. The van der Waals surface area contributed by atoms with Crippen molar-refractivity contribution in [1.82, 2.24) is 9.97 Å². The first-order valence-corrected chi connectivity index (χ1v) is 9.89. The zero-order chi connectivity index (χ0) is 19.8. The van der Waals surface area contributed by atoms with Crippen molar-refractivity contribution in [1.29, 1.82) is 0 Å². The predicted octanol–water partition coefficient (Wildman–Crippen LogP) is 2.97. The third-order valence-corrected chi connectivity index (χ3v) is 5.18. The number of carbonyl (C=O) groups excluding carboxylic acids is 1. The molecule has 0 unspecified atom stereocenters. The lowest BCUT2D eigenvalue weighted by molar-refractivity contribution is 0.102. The van der Waals surface area contributed by atoms with Crippen LogP contribution in [0.5, 0.6) is 0 Å². The summed E-state index contributed by atoms with van der Waals surface area (Å²) in [7, 11) is 1.70. The summed E-state index contributed by atoms with van der Waals surface area (Å²) in [5.74, 6) is 0.530. The number of nitrogens with zero attached hydrogens (tertiary/aromatic N) is 3. The standard InChI is InChI=1S/C21H29N5O2/c1-28-12-11-26(18-5-3-2-4-6-18)20-13-19(23-15-24-20)21(27)25-17-9-7-16(14-22)8-10-17/h7-10,13,15,18H,2-6,11-12,14,22H2,1H3,(H,25,27). The van der Waals surface area contributed by atoms with Crippen molar-refractivity contribution in [3.8, 4) is 0 Å². The summed E-state index contributed by atoms with van der Waals surface area (Å²) in [6.07, 6.45) is 7.49. The van der Waals surface area contributed by atoms with Gasteiger partial charge in [-0.1, -0.05) is 31.4 Å². The molecule has 2 aromatic rings. The Morgan fingerprint density at radius 2 is 1.96 bits per heavy atom. The van der Waals surface area contributed by atoms with Gasteiger partial charge in [0.15, 0.2) is 0 Å². The minimum atomic E-state index is -0.250. The molecule has 7 nitrogen and oxygen atoms in total. The molecule has 3 N–H and O–H groups in total. The van der Waals surface area contributed by atoms with Gasteiger partial charge in [0.05, 0.1) is 6.61 Å². The van der Waals surface area contributed by atoms with E-state index in [1.54, 1.807) is 13.2 Å². The van der Waals surface area contributed by atoms with E-state index in [2.05, 4.69) is 20.2 Å². The number of rotatable bonds is 8. The number of anilines is 2. The van der Waals surface area contributed by atoms with Gasteiger partial charge in [-0.3, -0.25) is 4.79 Å². The molecule has 3 rings (SSSR count). The van der Waals surface area contributed by atoms with E-state index in [4.69, 9.17) is 10.5 Å². The van der Waals surface area contributed by atoms with E-state index >= 15 is 0 Å². The summed E-state index contributed by atoms with van der Waals surface area (Å²) >= 11 is 0. The molecule has 1 aromatic carbocycles. The lowest BCUT2D eigenvalue weighted by atomic mass is 9.94. The molecule has 7 heteroatoms. The van der Waals surface area contributed by atoms with E-state index in [0.29, 0.717) is 30.6 Å². The highest BCUT2D eigenvalue weighted by Gasteiger charge is 2.23. The van der Waals surface area contributed by atoms with Crippen molar-refractivity contribution >= 4 is 17.4 Å². The molecule has 0 spiro atoms. The molecule has 1 heterocycles. The van der Waals surface area contributed by atoms with E-state index in [-0.39, 0.29) is 5.91 Å². The number of carbonyl (C=O) groups is 1. The normalized spacial score (nSPS) is 14.6. The van der Waals surface area contributed by atoms with Crippen molar-refractivity contribution in [3.63, 3.8) is 0 Å². The van der Waals surface area contributed by atoms with Crippen molar-refractivity contribution in [2.24, 2.45) is 5.73 Å². The molecular weight excluding hydrogens is 354 g/mol. The number of ether oxygens (including phenoxy) is 1. The maximum absolute atomic E-state index is 12.7. The van der Waals surface area contributed by atoms with Crippen molar-refractivity contribution < 1.29 is 9.53 Å². The smallest absolute Gasteiger partial charge is 0.274 e. The van der Waals surface area contributed by atoms with E-state index < -0.39 is 0 Å². The van der Waals surface area contributed by atoms with Crippen LogP contribution in [0.1, 0.15) is 48.2 Å². The highest BCUT2D eigenvalue weighted by atomic mass is 16.5. The quantitative estimate of drug-likeness (QED) is 0.728. The van der Waals surface area contributed by atoms with Crippen molar-refractivity contribution in [2.75, 3.05) is 30.5 Å². The third-order valence-electron chi connectivity index (χ3n) is 5.18. The first-order chi connectivity index (χ1) is 13.7. The molecule has 0 atom stereocenters. The average molecular weight is 383 g/mol. The van der Waals surface area contributed by atoms with Crippen molar-refractivity contribution in [3.05, 3.63) is 47.9 Å². The first-order valence-electron chi connectivity index (χ1n) is 9.89. The van der Waals surface area contributed by atoms with Crippen LogP contribution >= 0.6 is 0 Å². The molecule has 28 heavy (non-hydrogen) atoms. The Kier molecular flexibility index (Phi) is 7.33. The van der Waals surface area contributed by atoms with Crippen LogP contribution in [0, 0.1) is 0 Å². The topological polar surface area (TPSA) is 93.4 Å². The minimum absolute atomic E-state index is 0.250. The number of hydrogen-bond donors (Lipinski definition) is 2. The highest BCUT2D eigenvalue weighted by Crippen LogP contribution is 2.26. The van der Waals surface area contributed by atoms with Crippen LogP contribution in [0.15, 0.2) is 36.7 Å². The SMILES string of the molecule is COCCN(c1cc(C(=O)Nc2ccc(CN)cc2)ncn1)C1CCCCC1. The summed E-state index contributed by atoms with van der Waals surface area (Å²) in [5.41, 5.74) is 7.70. The Balaban J connectivity index is 1.75. The summed E-state index contributed by atoms with van der Waals surface area (Å²) in [4.78, 5) is 23.5. The largest absolute Gasteiger partial charge is 0.383 e. The number of nitrogens with one attached hydrogen (secondary N) is 1. The number of hydrogen-bond acceptors (Lipinski definition) is 6. The summed E-state index contributed by atoms with van der Waals surface area (Å²) < 4.78 is 5.29. The predicted molar refractivity (Wildman–Crippen MR) is 110 cm³/mol. The van der Waals surface area contributed by atoms with Crippen LogP contribution in [0.2, 0.25) is 0 Å². The van der Waals surface area contributed by atoms with Gasteiger partial charge in [0.25, 0.3) is 5.91 Å². The van der Waals surface area contributed by atoms with Gasteiger partial charge in [0.1, 0.15) is 17.8 Å². The molecule has 1 aliphatic carbocycles. The molecule has 0 bridgehead atoms. The maximum Gasteiger partial charge on any atom is 0.274 e. The minimum Gasteiger partial charge on any atom is -0.383 e. The van der Waals surface area contributed by atoms with Crippen LogP contribution < -0.4 is 16.0 Å². The van der Waals surface area contributed by atoms with Gasteiger partial charge in [-0.15, -0.1) is 0 Å². The van der Waals surface area contributed by atoms with Gasteiger partial charge in [0, 0.05) is 38.0 Å². The van der Waals surface area contributed by atoms with E-state index in [9.17, 15) is 4.79 Å². The second-order valence-electron chi connectivity index (χ2n) is 7.09. The molecule has 1 amide bonds.